The van der Waals surface area contributed by atoms with Gasteiger partial charge >= 0.3 is 5.97 Å². The lowest BCUT2D eigenvalue weighted by molar-refractivity contribution is -0.137. The number of amides is 1. The molecule has 1 saturated heterocycles. The van der Waals surface area contributed by atoms with Gasteiger partial charge in [-0.25, -0.2) is 0 Å². The summed E-state index contributed by atoms with van der Waals surface area (Å²) < 4.78 is 0. The molecule has 1 aromatic rings. The minimum absolute atomic E-state index is 0.191. The molecule has 0 saturated carbocycles. The van der Waals surface area contributed by atoms with Gasteiger partial charge in [-0.2, -0.15) is 0 Å². The molecule has 5 heteroatoms. The van der Waals surface area contributed by atoms with Crippen molar-refractivity contribution >= 4 is 23.5 Å². The molecule has 1 N–H and O–H groups in total. The Hall–Kier alpha value is -1.55. The zero-order valence-corrected chi connectivity index (χ0v) is 15.0. The fourth-order valence-corrected chi connectivity index (χ4v) is 3.50. The van der Waals surface area contributed by atoms with Gasteiger partial charge in [0, 0.05) is 31.0 Å². The smallest absolute Gasteiger partial charge is 0.303 e. The number of piperidine rings is 1. The summed E-state index contributed by atoms with van der Waals surface area (Å²) in [7, 11) is 0. The average molecular weight is 352 g/mol. The molecule has 0 aliphatic carbocycles. The predicted molar refractivity (Wildman–Crippen MR) is 95.1 cm³/mol. The largest absolute Gasteiger partial charge is 0.481 e. The maximum Gasteiger partial charge on any atom is 0.303 e. The first kappa shape index (κ1) is 18.8. The van der Waals surface area contributed by atoms with Crippen LogP contribution in [0, 0.1) is 11.8 Å². The van der Waals surface area contributed by atoms with Gasteiger partial charge in [0.15, 0.2) is 0 Å². The second-order valence-corrected chi connectivity index (χ2v) is 7.36. The number of carboxylic acid groups (broad SMARTS) is 1. The number of likely N-dealkylation sites (tertiary alicyclic amines) is 1. The zero-order valence-electron chi connectivity index (χ0n) is 14.2. The van der Waals surface area contributed by atoms with Crippen LogP contribution in [0.5, 0.6) is 0 Å². The third-order valence-corrected chi connectivity index (χ3v) is 4.91. The van der Waals surface area contributed by atoms with Crippen molar-refractivity contribution < 1.29 is 14.7 Å². The molecule has 2 atom stereocenters. The molecule has 2 rings (SSSR count). The molecular weight excluding hydrogens is 326 g/mol. The molecule has 1 fully saturated rings. The molecule has 24 heavy (non-hydrogen) atoms. The van der Waals surface area contributed by atoms with Crippen molar-refractivity contribution in [3.8, 4) is 0 Å². The Bertz CT molecular complexity index is 558. The summed E-state index contributed by atoms with van der Waals surface area (Å²) in [6.07, 6.45) is 4.26. The van der Waals surface area contributed by atoms with Gasteiger partial charge in [-0.3, -0.25) is 9.59 Å². The van der Waals surface area contributed by atoms with Crippen LogP contribution in [0.2, 0.25) is 5.02 Å². The van der Waals surface area contributed by atoms with Crippen LogP contribution in [0.1, 0.15) is 44.6 Å². The maximum absolute atomic E-state index is 12.5. The first-order valence-electron chi connectivity index (χ1n) is 8.68. The van der Waals surface area contributed by atoms with Gasteiger partial charge in [0.2, 0.25) is 5.91 Å². The number of aliphatic carboxylic acids is 1. The summed E-state index contributed by atoms with van der Waals surface area (Å²) in [6.45, 7) is 3.61. The predicted octanol–water partition coefficient (Wildman–Crippen LogP) is 4.01. The molecule has 4 nitrogen and oxygen atoms in total. The standard InChI is InChI=1S/C19H26ClNO3/c1-14(11-15-4-7-17(20)8-5-15)12-18(22)21-10-2-3-16(13-21)6-9-19(23)24/h4-5,7-8,14,16H,2-3,6,9-13H2,1H3,(H,23,24). The SMILES string of the molecule is CC(CC(=O)N1CCCC(CCC(=O)O)C1)Cc1ccc(Cl)cc1. The van der Waals surface area contributed by atoms with E-state index in [4.69, 9.17) is 16.7 Å². The molecule has 0 aromatic heterocycles. The number of hydrogen-bond acceptors (Lipinski definition) is 2. The van der Waals surface area contributed by atoms with E-state index in [1.54, 1.807) is 0 Å². The average Bonchev–Trinajstić information content (AvgIpc) is 2.55. The summed E-state index contributed by atoms with van der Waals surface area (Å²) in [5.74, 6) is 0.0370. The van der Waals surface area contributed by atoms with Crippen LogP contribution in [0.4, 0.5) is 0 Å². The first-order valence-corrected chi connectivity index (χ1v) is 9.06. The third-order valence-electron chi connectivity index (χ3n) is 4.66. The summed E-state index contributed by atoms with van der Waals surface area (Å²) in [4.78, 5) is 25.2. The number of hydrogen-bond donors (Lipinski definition) is 1. The van der Waals surface area contributed by atoms with E-state index in [0.29, 0.717) is 25.3 Å². The van der Waals surface area contributed by atoms with E-state index in [-0.39, 0.29) is 18.2 Å². The lowest BCUT2D eigenvalue weighted by Crippen LogP contribution is -2.40. The van der Waals surface area contributed by atoms with Crippen LogP contribution >= 0.6 is 11.6 Å². The molecule has 0 bridgehead atoms. The van der Waals surface area contributed by atoms with Crippen molar-refractivity contribution in [1.29, 1.82) is 0 Å². The number of benzene rings is 1. The second kappa shape index (κ2) is 9.07. The lowest BCUT2D eigenvalue weighted by Gasteiger charge is -2.33. The Morgan fingerprint density at radius 1 is 1.33 bits per heavy atom. The zero-order chi connectivity index (χ0) is 17.5. The van der Waals surface area contributed by atoms with E-state index in [9.17, 15) is 9.59 Å². The highest BCUT2D eigenvalue weighted by molar-refractivity contribution is 6.30. The maximum atomic E-state index is 12.5. The molecular formula is C19H26ClNO3. The summed E-state index contributed by atoms with van der Waals surface area (Å²) in [5.41, 5.74) is 1.19. The quantitative estimate of drug-likeness (QED) is 0.807. The van der Waals surface area contributed by atoms with Gasteiger partial charge in [0.05, 0.1) is 0 Å². The highest BCUT2D eigenvalue weighted by Crippen LogP contribution is 2.23. The van der Waals surface area contributed by atoms with E-state index >= 15 is 0 Å². The van der Waals surface area contributed by atoms with Crippen molar-refractivity contribution in [3.63, 3.8) is 0 Å². The first-order chi connectivity index (χ1) is 11.4. The molecule has 1 heterocycles. The highest BCUT2D eigenvalue weighted by Gasteiger charge is 2.24. The molecule has 0 radical (unpaired) electrons. The topological polar surface area (TPSA) is 57.6 Å². The number of nitrogens with zero attached hydrogens (tertiary/aromatic N) is 1. The Kier molecular flexibility index (Phi) is 7.10. The van der Waals surface area contributed by atoms with Crippen LogP contribution in [0.3, 0.4) is 0 Å². The van der Waals surface area contributed by atoms with Crippen molar-refractivity contribution in [2.24, 2.45) is 11.8 Å². The summed E-state index contributed by atoms with van der Waals surface area (Å²) in [6, 6.07) is 7.77. The van der Waals surface area contributed by atoms with Crippen LogP contribution in [0.15, 0.2) is 24.3 Å². The Labute approximate surface area is 148 Å². The van der Waals surface area contributed by atoms with Gasteiger partial charge in [0.1, 0.15) is 0 Å². The Balaban J connectivity index is 1.80. The van der Waals surface area contributed by atoms with E-state index < -0.39 is 5.97 Å². The van der Waals surface area contributed by atoms with Crippen LogP contribution in [-0.4, -0.2) is 35.0 Å². The molecule has 1 aliphatic rings. The van der Waals surface area contributed by atoms with Gasteiger partial charge in [-0.1, -0.05) is 30.7 Å². The van der Waals surface area contributed by atoms with E-state index in [1.807, 2.05) is 29.2 Å². The van der Waals surface area contributed by atoms with Crippen molar-refractivity contribution in [3.05, 3.63) is 34.9 Å². The van der Waals surface area contributed by atoms with Crippen LogP contribution < -0.4 is 0 Å². The second-order valence-electron chi connectivity index (χ2n) is 6.92. The van der Waals surface area contributed by atoms with Crippen LogP contribution in [0.25, 0.3) is 0 Å². The molecule has 0 spiro atoms. The summed E-state index contributed by atoms with van der Waals surface area (Å²) >= 11 is 5.90. The Morgan fingerprint density at radius 3 is 2.71 bits per heavy atom. The summed E-state index contributed by atoms with van der Waals surface area (Å²) in [5, 5.41) is 9.53. The molecule has 1 amide bonds. The lowest BCUT2D eigenvalue weighted by atomic mass is 9.92. The normalized spacial score (nSPS) is 19.1. The van der Waals surface area contributed by atoms with E-state index in [2.05, 4.69) is 6.92 Å². The molecule has 132 valence electrons. The van der Waals surface area contributed by atoms with Gasteiger partial charge in [-0.05, 0) is 55.2 Å². The minimum atomic E-state index is -0.755. The number of carbonyl (C=O) groups is 2. The van der Waals surface area contributed by atoms with Crippen molar-refractivity contribution in [2.75, 3.05) is 13.1 Å². The minimum Gasteiger partial charge on any atom is -0.481 e. The van der Waals surface area contributed by atoms with E-state index in [1.165, 1.54) is 5.56 Å². The fraction of sp³-hybridized carbons (Fsp3) is 0.579. The van der Waals surface area contributed by atoms with Crippen molar-refractivity contribution in [1.82, 2.24) is 4.90 Å². The van der Waals surface area contributed by atoms with Gasteiger partial charge < -0.3 is 10.0 Å². The third kappa shape index (κ3) is 6.16. The number of carboxylic acids is 1. The van der Waals surface area contributed by atoms with E-state index in [0.717, 1.165) is 30.8 Å². The fourth-order valence-electron chi connectivity index (χ4n) is 3.38. The monoisotopic (exact) mass is 351 g/mol. The highest BCUT2D eigenvalue weighted by atomic mass is 35.5. The number of halogens is 1. The molecule has 2 unspecified atom stereocenters. The molecule has 1 aromatic carbocycles. The van der Waals surface area contributed by atoms with Crippen molar-refractivity contribution in [2.45, 2.75) is 45.4 Å². The molecule has 1 aliphatic heterocycles. The number of rotatable bonds is 7. The van der Waals surface area contributed by atoms with Gasteiger partial charge in [0.25, 0.3) is 0 Å². The Morgan fingerprint density at radius 2 is 2.04 bits per heavy atom. The number of carbonyl (C=O) groups excluding carboxylic acids is 1. The van der Waals surface area contributed by atoms with Gasteiger partial charge in [-0.15, -0.1) is 0 Å². The van der Waals surface area contributed by atoms with Crippen LogP contribution in [-0.2, 0) is 16.0 Å².